The van der Waals surface area contributed by atoms with Crippen LogP contribution in [0.5, 0.6) is 0 Å². The molecule has 1 N–H and O–H groups in total. The van der Waals surface area contributed by atoms with Crippen LogP contribution in [0, 0.1) is 0 Å². The minimum absolute atomic E-state index is 0.249. The quantitative estimate of drug-likeness (QED) is 0.766. The van der Waals surface area contributed by atoms with Gasteiger partial charge in [-0.2, -0.15) is 0 Å². The zero-order chi connectivity index (χ0) is 17.7. The number of fused-ring (bicyclic) bond motifs is 5. The van der Waals surface area contributed by atoms with Crippen molar-refractivity contribution < 1.29 is 9.15 Å². The second-order valence-electron chi connectivity index (χ2n) is 7.66. The molecule has 0 radical (unpaired) electrons. The summed E-state index contributed by atoms with van der Waals surface area (Å²) in [5.74, 6) is 1.13. The molecule has 26 heavy (non-hydrogen) atoms. The van der Waals surface area contributed by atoms with Gasteiger partial charge in [0.1, 0.15) is 11.8 Å². The Morgan fingerprint density at radius 1 is 1.19 bits per heavy atom. The number of pyridine rings is 1. The Balaban J connectivity index is 1.63. The fraction of sp³-hybridized carbons (Fsp3) is 0.550. The summed E-state index contributed by atoms with van der Waals surface area (Å²) in [5.41, 5.74) is 6.24. The highest BCUT2D eigenvalue weighted by atomic mass is 16.5. The smallest absolute Gasteiger partial charge is 0.229 e. The van der Waals surface area contributed by atoms with Crippen molar-refractivity contribution in [3.8, 4) is 0 Å². The third-order valence-electron chi connectivity index (χ3n) is 5.57. The minimum Gasteiger partial charge on any atom is -0.432 e. The van der Waals surface area contributed by atoms with Crippen LogP contribution < -0.4 is 5.32 Å². The lowest BCUT2D eigenvalue weighted by Crippen LogP contribution is -2.19. The van der Waals surface area contributed by atoms with E-state index in [1.54, 1.807) is 6.33 Å². The maximum absolute atomic E-state index is 6.18. The SMILES string of the molecule is CC(C)c1nc2oc3c(NC[C@H]4CCCO4)ncnc3c2c2c1CCC2. The van der Waals surface area contributed by atoms with Crippen molar-refractivity contribution in [3.05, 3.63) is 23.1 Å². The van der Waals surface area contributed by atoms with E-state index in [0.29, 0.717) is 17.2 Å². The molecule has 0 spiro atoms. The van der Waals surface area contributed by atoms with Gasteiger partial charge in [0.05, 0.1) is 17.2 Å². The molecule has 0 aromatic carbocycles. The molecule has 0 bridgehead atoms. The van der Waals surface area contributed by atoms with E-state index in [1.807, 2.05) is 0 Å². The Morgan fingerprint density at radius 3 is 2.88 bits per heavy atom. The number of rotatable bonds is 4. The largest absolute Gasteiger partial charge is 0.432 e. The van der Waals surface area contributed by atoms with Gasteiger partial charge in [-0.1, -0.05) is 13.8 Å². The molecule has 0 saturated carbocycles. The first kappa shape index (κ1) is 16.0. The summed E-state index contributed by atoms with van der Waals surface area (Å²) >= 11 is 0. The van der Waals surface area contributed by atoms with Crippen LogP contribution in [0.15, 0.2) is 10.7 Å². The van der Waals surface area contributed by atoms with Crippen molar-refractivity contribution in [2.45, 2.75) is 58.0 Å². The highest BCUT2D eigenvalue weighted by Crippen LogP contribution is 2.39. The number of nitrogens with zero attached hydrogens (tertiary/aromatic N) is 3. The van der Waals surface area contributed by atoms with E-state index in [-0.39, 0.29) is 6.10 Å². The van der Waals surface area contributed by atoms with E-state index >= 15 is 0 Å². The van der Waals surface area contributed by atoms with E-state index in [4.69, 9.17) is 14.1 Å². The summed E-state index contributed by atoms with van der Waals surface area (Å²) in [4.78, 5) is 13.8. The van der Waals surface area contributed by atoms with Gasteiger partial charge in [0.2, 0.25) is 5.71 Å². The average Bonchev–Trinajstić information content (AvgIpc) is 3.36. The minimum atomic E-state index is 0.249. The number of hydrogen-bond acceptors (Lipinski definition) is 6. The summed E-state index contributed by atoms with van der Waals surface area (Å²) in [6.45, 7) is 5.99. The van der Waals surface area contributed by atoms with Crippen LogP contribution in [-0.4, -0.2) is 34.2 Å². The van der Waals surface area contributed by atoms with Gasteiger partial charge >= 0.3 is 0 Å². The first-order valence-corrected chi connectivity index (χ1v) is 9.66. The van der Waals surface area contributed by atoms with Gasteiger partial charge in [-0.25, -0.2) is 15.0 Å². The van der Waals surface area contributed by atoms with Gasteiger partial charge in [-0.15, -0.1) is 0 Å². The molecule has 1 aliphatic carbocycles. The van der Waals surface area contributed by atoms with E-state index in [0.717, 1.165) is 55.6 Å². The van der Waals surface area contributed by atoms with Crippen molar-refractivity contribution in [3.63, 3.8) is 0 Å². The summed E-state index contributed by atoms with van der Waals surface area (Å²) in [7, 11) is 0. The Morgan fingerprint density at radius 2 is 2.08 bits per heavy atom. The van der Waals surface area contributed by atoms with Crippen molar-refractivity contribution >= 4 is 28.0 Å². The van der Waals surface area contributed by atoms with Crippen molar-refractivity contribution in [2.75, 3.05) is 18.5 Å². The molecule has 4 heterocycles. The predicted octanol–water partition coefficient (Wildman–Crippen LogP) is 3.97. The van der Waals surface area contributed by atoms with Gasteiger partial charge in [0, 0.05) is 13.2 Å². The maximum atomic E-state index is 6.18. The molecule has 0 unspecified atom stereocenters. The molecule has 0 amide bonds. The topological polar surface area (TPSA) is 73.1 Å². The highest BCUT2D eigenvalue weighted by molar-refractivity contribution is 6.06. The Bertz CT molecular complexity index is 973. The van der Waals surface area contributed by atoms with Crippen molar-refractivity contribution in [2.24, 2.45) is 0 Å². The van der Waals surface area contributed by atoms with Crippen LogP contribution in [0.1, 0.15) is 55.8 Å². The van der Waals surface area contributed by atoms with Crippen molar-refractivity contribution in [1.29, 1.82) is 0 Å². The second kappa shape index (κ2) is 6.20. The number of anilines is 1. The molecule has 6 heteroatoms. The third kappa shape index (κ3) is 2.47. The lowest BCUT2D eigenvalue weighted by Gasteiger charge is -2.11. The van der Waals surface area contributed by atoms with Crippen LogP contribution in [0.25, 0.3) is 22.2 Å². The second-order valence-corrected chi connectivity index (χ2v) is 7.66. The standard InChI is InChI=1S/C20H24N4O2/c1-11(2)16-14-7-3-6-13(14)15-17-18(26-20(15)24-16)19(23-10-22-17)21-9-12-5-4-8-25-12/h10-12H,3-9H2,1-2H3,(H,21,22,23)/t12-/m1/s1. The fourth-order valence-electron chi connectivity index (χ4n) is 4.35. The number of nitrogens with one attached hydrogen (secondary N) is 1. The van der Waals surface area contributed by atoms with Gasteiger partial charge in [0.25, 0.3) is 0 Å². The van der Waals surface area contributed by atoms with E-state index in [1.165, 1.54) is 23.2 Å². The zero-order valence-electron chi connectivity index (χ0n) is 15.3. The lowest BCUT2D eigenvalue weighted by molar-refractivity contribution is 0.120. The molecular formula is C20H24N4O2. The average molecular weight is 352 g/mol. The van der Waals surface area contributed by atoms with E-state index in [2.05, 4.69) is 29.1 Å². The molecule has 1 atom stereocenters. The maximum Gasteiger partial charge on any atom is 0.229 e. The van der Waals surface area contributed by atoms with Crippen LogP contribution in [0.4, 0.5) is 5.82 Å². The number of ether oxygens (including phenoxy) is 1. The van der Waals surface area contributed by atoms with Gasteiger partial charge in [0.15, 0.2) is 11.4 Å². The van der Waals surface area contributed by atoms with Crippen LogP contribution >= 0.6 is 0 Å². The molecule has 5 rings (SSSR count). The molecule has 1 saturated heterocycles. The fourth-order valence-corrected chi connectivity index (χ4v) is 4.35. The van der Waals surface area contributed by atoms with Crippen LogP contribution in [0.3, 0.4) is 0 Å². The van der Waals surface area contributed by atoms with Gasteiger partial charge in [-0.3, -0.25) is 0 Å². The molecule has 3 aromatic heterocycles. The third-order valence-corrected chi connectivity index (χ3v) is 5.57. The first-order valence-electron chi connectivity index (χ1n) is 9.66. The van der Waals surface area contributed by atoms with E-state index < -0.39 is 0 Å². The number of hydrogen-bond donors (Lipinski definition) is 1. The molecule has 3 aromatic rings. The van der Waals surface area contributed by atoms with Gasteiger partial charge in [-0.05, 0) is 49.1 Å². The van der Waals surface area contributed by atoms with E-state index in [9.17, 15) is 0 Å². The molecular weight excluding hydrogens is 328 g/mol. The summed E-state index contributed by atoms with van der Waals surface area (Å²) in [5, 5.41) is 4.48. The van der Waals surface area contributed by atoms with Crippen LogP contribution in [-0.2, 0) is 17.6 Å². The van der Waals surface area contributed by atoms with Crippen molar-refractivity contribution in [1.82, 2.24) is 15.0 Å². The normalized spacial score (nSPS) is 19.7. The summed E-state index contributed by atoms with van der Waals surface area (Å²) in [6.07, 6.45) is 7.45. The predicted molar refractivity (Wildman–Crippen MR) is 101 cm³/mol. The molecule has 1 aliphatic heterocycles. The van der Waals surface area contributed by atoms with Crippen LogP contribution in [0.2, 0.25) is 0 Å². The number of aromatic nitrogens is 3. The monoisotopic (exact) mass is 352 g/mol. The molecule has 136 valence electrons. The molecule has 2 aliphatic rings. The number of furan rings is 1. The molecule has 6 nitrogen and oxygen atoms in total. The Labute approximate surface area is 152 Å². The first-order chi connectivity index (χ1) is 12.7. The Hall–Kier alpha value is -2.21. The summed E-state index contributed by atoms with van der Waals surface area (Å²) < 4.78 is 11.9. The van der Waals surface area contributed by atoms with Gasteiger partial charge < -0.3 is 14.5 Å². The number of aryl methyl sites for hydroxylation is 1. The zero-order valence-corrected chi connectivity index (χ0v) is 15.3. The molecule has 1 fully saturated rings. The Kier molecular flexibility index (Phi) is 3.81. The summed E-state index contributed by atoms with van der Waals surface area (Å²) in [6, 6.07) is 0. The lowest BCUT2D eigenvalue weighted by atomic mass is 9.99. The highest BCUT2D eigenvalue weighted by Gasteiger charge is 2.26.